The van der Waals surface area contributed by atoms with Crippen molar-refractivity contribution < 1.29 is 35.5 Å². The smallest absolute Gasteiger partial charge is 0.334 e. The number of carbonyl (C=O) groups excluding carboxylic acids is 1. The fourth-order valence-corrected chi connectivity index (χ4v) is 2.55. The van der Waals surface area contributed by atoms with Gasteiger partial charge in [0.2, 0.25) is 0 Å². The van der Waals surface area contributed by atoms with Crippen molar-refractivity contribution in [2.24, 2.45) is 0 Å². The Morgan fingerprint density at radius 2 is 1.59 bits per heavy atom. The lowest BCUT2D eigenvalue weighted by Crippen LogP contribution is -2.28. The number of urea groups is 1. The number of nitrogens with one attached hydrogen (secondary N) is 2. The van der Waals surface area contributed by atoms with Gasteiger partial charge in [-0.05, 0) is 59.8 Å². The number of anilines is 1. The first-order valence-electron chi connectivity index (χ1n) is 7.20. The largest absolute Gasteiger partial charge is 0.446 e. The van der Waals surface area contributed by atoms with Crippen LogP contribution in [0.2, 0.25) is 0 Å². The summed E-state index contributed by atoms with van der Waals surface area (Å²) in [5.41, 5.74) is -5.55. The van der Waals surface area contributed by atoms with Crippen LogP contribution in [0.25, 0.3) is 0 Å². The topological polar surface area (TPSA) is 41.1 Å². The first kappa shape index (κ1) is 20.9. The minimum absolute atomic E-state index is 0.0760. The Labute approximate surface area is 152 Å². The second kappa shape index (κ2) is 8.07. The lowest BCUT2D eigenvalue weighted by atomic mass is 10.1. The Bertz CT molecular complexity index is 804. The Morgan fingerprint density at radius 3 is 2.15 bits per heavy atom. The summed E-state index contributed by atoms with van der Waals surface area (Å²) in [6, 6.07) is 5.83. The van der Waals surface area contributed by atoms with Crippen molar-refractivity contribution >= 4 is 23.5 Å². The van der Waals surface area contributed by atoms with E-state index in [1.165, 1.54) is 12.1 Å². The molecular weight excluding hydrogens is 401 g/mol. The van der Waals surface area contributed by atoms with Crippen LogP contribution in [-0.2, 0) is 12.7 Å². The molecule has 3 nitrogen and oxygen atoms in total. The molecule has 0 unspecified atom stereocenters. The predicted molar refractivity (Wildman–Crippen MR) is 85.6 cm³/mol. The Hall–Kier alpha value is -2.43. The second-order valence-corrected chi connectivity index (χ2v) is 6.36. The highest BCUT2D eigenvalue weighted by Gasteiger charge is 2.31. The fourth-order valence-electron chi connectivity index (χ4n) is 2.01. The molecule has 2 amide bonds. The Balaban J connectivity index is 1.94. The fraction of sp³-hybridized carbons (Fsp3) is 0.188. The van der Waals surface area contributed by atoms with Gasteiger partial charge in [0.15, 0.2) is 0 Å². The van der Waals surface area contributed by atoms with Crippen LogP contribution in [-0.4, -0.2) is 11.5 Å². The minimum atomic E-state index is -4.73. The molecule has 0 spiro atoms. The molecule has 0 aliphatic heterocycles. The number of thioether (sulfide) groups is 1. The van der Waals surface area contributed by atoms with Crippen LogP contribution in [0.1, 0.15) is 11.1 Å². The van der Waals surface area contributed by atoms with Crippen molar-refractivity contribution in [3.8, 4) is 0 Å². The number of halogens is 7. The van der Waals surface area contributed by atoms with E-state index in [0.29, 0.717) is 12.1 Å². The van der Waals surface area contributed by atoms with Crippen LogP contribution in [0.4, 0.5) is 41.2 Å². The third kappa shape index (κ3) is 7.00. The summed E-state index contributed by atoms with van der Waals surface area (Å²) in [5, 5.41) is 4.54. The molecule has 2 N–H and O–H groups in total. The molecule has 0 aromatic heterocycles. The van der Waals surface area contributed by atoms with Gasteiger partial charge in [-0.2, -0.15) is 26.3 Å². The lowest BCUT2D eigenvalue weighted by Gasteiger charge is -2.11. The molecule has 0 heterocycles. The van der Waals surface area contributed by atoms with Gasteiger partial charge in [0.1, 0.15) is 5.82 Å². The van der Waals surface area contributed by atoms with Crippen LogP contribution in [0.15, 0.2) is 47.4 Å². The van der Waals surface area contributed by atoms with E-state index in [2.05, 4.69) is 10.6 Å². The molecule has 0 aliphatic rings. The average molecular weight is 412 g/mol. The Morgan fingerprint density at radius 1 is 0.963 bits per heavy atom. The molecule has 0 radical (unpaired) electrons. The van der Waals surface area contributed by atoms with Gasteiger partial charge in [-0.25, -0.2) is 9.18 Å². The summed E-state index contributed by atoms with van der Waals surface area (Å²) in [4.78, 5) is 11.7. The van der Waals surface area contributed by atoms with E-state index < -0.39 is 29.1 Å². The summed E-state index contributed by atoms with van der Waals surface area (Å²) >= 11 is -0.315. The number of amides is 2. The van der Waals surface area contributed by atoms with Gasteiger partial charge < -0.3 is 10.6 Å². The van der Waals surface area contributed by atoms with Gasteiger partial charge in [-0.3, -0.25) is 0 Å². The van der Waals surface area contributed by atoms with Crippen molar-refractivity contribution in [1.82, 2.24) is 5.32 Å². The van der Waals surface area contributed by atoms with Crippen LogP contribution < -0.4 is 10.6 Å². The van der Waals surface area contributed by atoms with Crippen molar-refractivity contribution in [2.45, 2.75) is 23.1 Å². The first-order valence-corrected chi connectivity index (χ1v) is 8.01. The van der Waals surface area contributed by atoms with Gasteiger partial charge in [0.25, 0.3) is 0 Å². The summed E-state index contributed by atoms with van der Waals surface area (Å²) in [6.45, 7) is -0.380. The molecule has 27 heavy (non-hydrogen) atoms. The zero-order valence-corrected chi connectivity index (χ0v) is 14.0. The van der Waals surface area contributed by atoms with E-state index >= 15 is 0 Å². The molecular formula is C16H11F7N2OS. The predicted octanol–water partition coefficient (Wildman–Crippen LogP) is 5.78. The summed E-state index contributed by atoms with van der Waals surface area (Å²) in [5.74, 6) is -1.10. The maximum Gasteiger partial charge on any atom is 0.446 e. The quantitative estimate of drug-likeness (QED) is 0.494. The zero-order valence-electron chi connectivity index (χ0n) is 13.2. The molecule has 11 heteroatoms. The summed E-state index contributed by atoms with van der Waals surface area (Å²) in [7, 11) is 0. The standard InChI is InChI=1S/C16H11F7N2OS/c17-11-6-9(5-10(7-11)15(18,19)20)8-24-14(26)25-12-1-3-13(4-2-12)27-16(21,22)23/h1-7H,8H2,(H2,24,25,26). The molecule has 0 bridgehead atoms. The molecule has 0 saturated heterocycles. The molecule has 0 fully saturated rings. The van der Waals surface area contributed by atoms with Crippen molar-refractivity contribution in [3.63, 3.8) is 0 Å². The average Bonchev–Trinajstić information content (AvgIpc) is 2.52. The van der Waals surface area contributed by atoms with Gasteiger partial charge in [0, 0.05) is 17.1 Å². The van der Waals surface area contributed by atoms with E-state index in [-0.39, 0.29) is 34.5 Å². The van der Waals surface area contributed by atoms with E-state index in [1.807, 2.05) is 0 Å². The number of rotatable bonds is 4. The maximum atomic E-state index is 13.3. The van der Waals surface area contributed by atoms with Gasteiger partial charge in [-0.1, -0.05) is 0 Å². The highest BCUT2D eigenvalue weighted by molar-refractivity contribution is 8.00. The van der Waals surface area contributed by atoms with E-state index in [9.17, 15) is 35.5 Å². The van der Waals surface area contributed by atoms with Gasteiger partial charge in [0.05, 0.1) is 5.56 Å². The third-order valence-electron chi connectivity index (χ3n) is 3.08. The van der Waals surface area contributed by atoms with Crippen LogP contribution in [0.3, 0.4) is 0 Å². The summed E-state index contributed by atoms with van der Waals surface area (Å²) < 4.78 is 87.9. The monoisotopic (exact) mass is 412 g/mol. The zero-order chi connectivity index (χ0) is 20.2. The highest BCUT2D eigenvalue weighted by atomic mass is 32.2. The second-order valence-electron chi connectivity index (χ2n) is 5.23. The molecule has 146 valence electrons. The van der Waals surface area contributed by atoms with Crippen molar-refractivity contribution in [1.29, 1.82) is 0 Å². The summed E-state index contributed by atoms with van der Waals surface area (Å²) in [6.07, 6.45) is -4.73. The molecule has 2 rings (SSSR count). The van der Waals surface area contributed by atoms with Crippen molar-refractivity contribution in [3.05, 3.63) is 59.4 Å². The Kier molecular flexibility index (Phi) is 6.24. The third-order valence-corrected chi connectivity index (χ3v) is 3.82. The lowest BCUT2D eigenvalue weighted by molar-refractivity contribution is -0.137. The van der Waals surface area contributed by atoms with Gasteiger partial charge in [-0.15, -0.1) is 0 Å². The molecule has 0 aliphatic carbocycles. The van der Waals surface area contributed by atoms with Crippen LogP contribution in [0.5, 0.6) is 0 Å². The van der Waals surface area contributed by atoms with Crippen molar-refractivity contribution in [2.75, 3.05) is 5.32 Å². The molecule has 2 aromatic carbocycles. The number of benzene rings is 2. The number of hydrogen-bond acceptors (Lipinski definition) is 2. The first-order chi connectivity index (χ1) is 12.4. The number of carbonyl (C=O) groups is 1. The van der Waals surface area contributed by atoms with E-state index in [0.717, 1.165) is 18.2 Å². The van der Waals surface area contributed by atoms with E-state index in [4.69, 9.17) is 0 Å². The molecule has 0 atom stereocenters. The van der Waals surface area contributed by atoms with E-state index in [1.54, 1.807) is 0 Å². The van der Waals surface area contributed by atoms with Crippen LogP contribution >= 0.6 is 11.8 Å². The van der Waals surface area contributed by atoms with Gasteiger partial charge >= 0.3 is 17.7 Å². The number of hydrogen-bond donors (Lipinski definition) is 2. The normalized spacial score (nSPS) is 12.0. The maximum absolute atomic E-state index is 13.3. The number of alkyl halides is 6. The SMILES string of the molecule is O=C(NCc1cc(F)cc(C(F)(F)F)c1)Nc1ccc(SC(F)(F)F)cc1. The highest BCUT2D eigenvalue weighted by Crippen LogP contribution is 2.37. The minimum Gasteiger partial charge on any atom is -0.334 e. The molecule has 2 aromatic rings. The van der Waals surface area contributed by atoms with Crippen LogP contribution in [0, 0.1) is 5.82 Å². The molecule has 0 saturated carbocycles.